The van der Waals surface area contributed by atoms with E-state index in [0.717, 1.165) is 82.6 Å². The van der Waals surface area contributed by atoms with Gasteiger partial charge in [0.1, 0.15) is 5.76 Å². The van der Waals surface area contributed by atoms with E-state index in [1.165, 1.54) is 5.53 Å². The molecule has 298 valence electrons. The van der Waals surface area contributed by atoms with Gasteiger partial charge in [0.05, 0.1) is 40.2 Å². The minimum absolute atomic E-state index is 0. The highest BCUT2D eigenvalue weighted by molar-refractivity contribution is 5.98. The zero-order valence-electron chi connectivity index (χ0n) is 31.2. The number of hydrazine groups is 1. The second-order valence-electron chi connectivity index (χ2n) is 10.6. The molecule has 0 aliphatic carbocycles. The molecule has 4 heterocycles. The Kier molecular flexibility index (Phi) is 18.3. The number of H-pyrrole nitrogens is 1. The van der Waals surface area contributed by atoms with Crippen molar-refractivity contribution in [2.75, 3.05) is 31.2 Å². The van der Waals surface area contributed by atoms with Crippen LogP contribution in [0, 0.1) is 162 Å². The molecule has 1 saturated heterocycles. The number of benzene rings is 1. The molecule has 0 amide bonds. The van der Waals surface area contributed by atoms with Gasteiger partial charge in [-0.25, -0.2) is 4.98 Å². The fourth-order valence-electron chi connectivity index (χ4n) is 4.65. The number of imidazole rings is 1. The van der Waals surface area contributed by atoms with Gasteiger partial charge >= 0.3 is 0 Å². The number of fused-ring (bicyclic) bond motifs is 1. The molecule has 4 N–H and O–H groups in total. The summed E-state index contributed by atoms with van der Waals surface area (Å²) in [6.45, 7) is 9.11. The first-order valence-corrected chi connectivity index (χ1v) is 16.4. The Hall–Kier alpha value is -9.43. The van der Waals surface area contributed by atoms with Crippen LogP contribution in [0.4, 0.5) is 5.95 Å². The average Bonchev–Trinajstić information content (AvgIpc) is 3.82. The molecule has 1 fully saturated rings. The van der Waals surface area contributed by atoms with Crippen molar-refractivity contribution in [2.24, 2.45) is 16.3 Å². The van der Waals surface area contributed by atoms with Gasteiger partial charge in [-0.2, -0.15) is 0 Å². The Bertz CT molecular complexity index is 2800. The number of nitrogens with zero attached hydrogens (tertiary/aromatic N) is 7. The van der Waals surface area contributed by atoms with Crippen LogP contribution in [0.25, 0.3) is 33.3 Å². The molecule has 5 rings (SSSR count). The maximum absolute atomic E-state index is 9.24. The number of aromatic amines is 1. The maximum atomic E-state index is 9.24. The van der Waals surface area contributed by atoms with Crippen molar-refractivity contribution >= 4 is 17.0 Å². The van der Waals surface area contributed by atoms with E-state index in [4.69, 9.17) is 27.1 Å². The van der Waals surface area contributed by atoms with Gasteiger partial charge in [-0.05, 0) is 145 Å². The molecule has 0 spiro atoms. The van der Waals surface area contributed by atoms with Gasteiger partial charge in [0, 0.05) is 85.7 Å². The van der Waals surface area contributed by atoms with Crippen molar-refractivity contribution in [3.8, 4) is 154 Å². The number of anilines is 1. The molecule has 0 radical (unpaired) electrons. The lowest BCUT2D eigenvalue weighted by Gasteiger charge is -2.26. The molecule has 0 bridgehead atoms. The molecule has 1 aliphatic heterocycles. The lowest BCUT2D eigenvalue weighted by atomic mass is 9.95. The van der Waals surface area contributed by atoms with Gasteiger partial charge < -0.3 is 29.3 Å². The number of morpholine rings is 1. The lowest BCUT2D eigenvalue weighted by Crippen LogP contribution is -2.36. The highest BCUT2D eigenvalue weighted by atomic mass is 16.7. The monoisotopic (exact) mass is 780 g/mol. The first-order chi connectivity index (χ1) is 28.3. The van der Waals surface area contributed by atoms with Crippen molar-refractivity contribution in [3.63, 3.8) is 0 Å². The zero-order chi connectivity index (χ0) is 41.8. The van der Waals surface area contributed by atoms with Crippen LogP contribution in [0.2, 0.25) is 0 Å². The van der Waals surface area contributed by atoms with E-state index >= 15 is 0 Å². The van der Waals surface area contributed by atoms with E-state index in [1.807, 2.05) is 32.3 Å². The molecule has 0 atom stereocenters. The highest BCUT2D eigenvalue weighted by Crippen LogP contribution is 2.37. The van der Waals surface area contributed by atoms with Gasteiger partial charge in [0.2, 0.25) is 5.95 Å². The zero-order valence-corrected chi connectivity index (χ0v) is 31.2. The second kappa shape index (κ2) is 24.7. The summed E-state index contributed by atoms with van der Waals surface area (Å²) in [7, 11) is 0. The summed E-state index contributed by atoms with van der Waals surface area (Å²) in [5.41, 5.74) is 9.53. The summed E-state index contributed by atoms with van der Waals surface area (Å²) in [5.74, 6) is 54.3. The number of aromatic nitrogens is 4. The molecule has 4 aromatic rings. The summed E-state index contributed by atoms with van der Waals surface area (Å²) in [5, 5.41) is 17.7. The van der Waals surface area contributed by atoms with Gasteiger partial charge in [0.25, 0.3) is 0 Å². The number of nitrogens with one attached hydrogen (secondary N) is 2. The van der Waals surface area contributed by atoms with E-state index < -0.39 is 5.03 Å². The standard InChI is InChI=1S/C22H23N5O2.C22H2.H3N5O2.10H2/c1-13-4-5-23-12-18(13)17-10-16(20-14(2)26-29-15(20)3)11-19-21(17)25-22(24-19)27-6-8-28-9-7-27;1-3-5-7-9-11-13-15-17-19-21-22-20-18-16-14-12-10-8-6-4-2;1-2-3-4-5(6)7;;;;;;;;;;/h4-5,10-12H,6-9H2,1-3H3,(H,24,25);1-2H;(H2,1,3)(H,2,4);10*1H. The number of terminal acetylenes is 2. The third-order valence-electron chi connectivity index (χ3n) is 6.93. The minimum atomic E-state index is -0.879. The van der Waals surface area contributed by atoms with Gasteiger partial charge in [-0.1, -0.05) is 5.16 Å². The Balaban J connectivity index is -0.000000140. The summed E-state index contributed by atoms with van der Waals surface area (Å²) < 4.78 is 10.9. The Morgan fingerprint density at radius 1 is 0.862 bits per heavy atom. The van der Waals surface area contributed by atoms with E-state index in [0.29, 0.717) is 0 Å². The molecular formula is C44H48N10O4. The van der Waals surface area contributed by atoms with Crippen LogP contribution in [0.1, 0.15) is 31.3 Å². The summed E-state index contributed by atoms with van der Waals surface area (Å²) in [6.07, 6.45) is 13.5. The highest BCUT2D eigenvalue weighted by Gasteiger charge is 2.20. The molecule has 0 unspecified atom stereocenters. The largest absolute Gasteiger partial charge is 0.378 e. The first kappa shape index (κ1) is 43.0. The average molecular weight is 781 g/mol. The van der Waals surface area contributed by atoms with Crippen LogP contribution in [-0.4, -0.2) is 51.4 Å². The number of aryl methyl sites for hydroxylation is 3. The van der Waals surface area contributed by atoms with Crippen molar-refractivity contribution in [2.45, 2.75) is 20.8 Å². The molecule has 14 heteroatoms. The van der Waals surface area contributed by atoms with E-state index in [2.05, 4.69) is 174 Å². The van der Waals surface area contributed by atoms with Crippen LogP contribution in [0.5, 0.6) is 0 Å². The second-order valence-corrected chi connectivity index (χ2v) is 10.6. The molecule has 3 aromatic heterocycles. The number of rotatable bonds is 5. The van der Waals surface area contributed by atoms with Crippen LogP contribution in [0.3, 0.4) is 0 Å². The van der Waals surface area contributed by atoms with Crippen molar-refractivity contribution in [3.05, 3.63) is 57.7 Å². The van der Waals surface area contributed by atoms with Crippen molar-refractivity contribution < 1.29 is 28.6 Å². The normalized spacial score (nSPS) is 9.84. The lowest BCUT2D eigenvalue weighted by molar-refractivity contribution is -0.546. The summed E-state index contributed by atoms with van der Waals surface area (Å²) >= 11 is 0. The molecule has 14 nitrogen and oxygen atoms in total. The smallest absolute Gasteiger partial charge is 0.204 e. The maximum Gasteiger partial charge on any atom is 0.204 e. The van der Waals surface area contributed by atoms with E-state index in [1.54, 1.807) is 0 Å². The molecule has 58 heavy (non-hydrogen) atoms. The predicted octanol–water partition coefficient (Wildman–Crippen LogP) is 5.79. The number of pyridine rings is 1. The topological polar surface area (TPSA) is 186 Å². The summed E-state index contributed by atoms with van der Waals surface area (Å²) in [6, 6.07) is 6.33. The number of nitro groups is 1. The molecule has 0 saturated carbocycles. The SMILES string of the molecule is C#CC#CC#CC#CC#CC#CC#CC#CC#CC#CC#C.Cc1ccncc1-c1cc(-c2c(C)noc2C)cc2[nH]c(N3CCOCC3)nc12.NN=NN[N+](=O)[O-].[HH].[HH].[HH].[HH].[HH].[HH].[HH].[HH].[HH].[HH]. The number of hydrogen-bond donors (Lipinski definition) is 3. The predicted molar refractivity (Wildman–Crippen MR) is 240 cm³/mol. The summed E-state index contributed by atoms with van der Waals surface area (Å²) in [4.78, 5) is 24.3. The number of nitrogens with two attached hydrogens (primary N) is 1. The molecule has 1 aliphatic rings. The van der Waals surface area contributed by atoms with Crippen LogP contribution in [-0.2, 0) is 4.74 Å². The Morgan fingerprint density at radius 2 is 1.40 bits per heavy atom. The fraction of sp³-hybridized carbons (Fsp3) is 0.159. The Morgan fingerprint density at radius 3 is 1.83 bits per heavy atom. The third-order valence-corrected chi connectivity index (χ3v) is 6.93. The third kappa shape index (κ3) is 14.5. The number of ether oxygens (including phenoxy) is 1. The van der Waals surface area contributed by atoms with Crippen LogP contribution >= 0.6 is 0 Å². The fourth-order valence-corrected chi connectivity index (χ4v) is 4.65. The van der Waals surface area contributed by atoms with Crippen LogP contribution < -0.4 is 16.3 Å². The van der Waals surface area contributed by atoms with E-state index in [9.17, 15) is 10.1 Å². The van der Waals surface area contributed by atoms with Crippen LogP contribution in [0.15, 0.2) is 45.6 Å². The Labute approximate surface area is 350 Å². The molecule has 1 aromatic carbocycles. The van der Waals surface area contributed by atoms with Gasteiger partial charge in [0.15, 0.2) is 5.22 Å². The van der Waals surface area contributed by atoms with Gasteiger partial charge in [-0.15, -0.1) is 12.8 Å². The van der Waals surface area contributed by atoms with E-state index in [-0.39, 0.29) is 14.3 Å². The molecular weight excluding hydrogens is 733 g/mol. The number of hydrogen-bond acceptors (Lipinski definition) is 10. The minimum Gasteiger partial charge on any atom is -0.378 e. The van der Waals surface area contributed by atoms with Gasteiger partial charge in [-0.3, -0.25) is 10.8 Å². The first-order valence-electron chi connectivity index (χ1n) is 16.4. The van der Waals surface area contributed by atoms with Crippen molar-refractivity contribution in [1.82, 2.24) is 25.6 Å². The van der Waals surface area contributed by atoms with Crippen molar-refractivity contribution in [1.29, 1.82) is 0 Å². The quantitative estimate of drug-likeness (QED) is 0.0736.